The molecule has 0 aliphatic rings. The summed E-state index contributed by atoms with van der Waals surface area (Å²) in [5.74, 6) is -0.553. The van der Waals surface area contributed by atoms with Crippen LogP contribution in [0.15, 0.2) is 42.5 Å². The van der Waals surface area contributed by atoms with E-state index in [-0.39, 0.29) is 18.4 Å². The van der Waals surface area contributed by atoms with E-state index in [1.807, 2.05) is 38.1 Å². The minimum absolute atomic E-state index is 0.113. The first-order valence-corrected chi connectivity index (χ1v) is 7.56. The lowest BCUT2D eigenvalue weighted by Crippen LogP contribution is -2.36. The predicted molar refractivity (Wildman–Crippen MR) is 93.7 cm³/mol. The van der Waals surface area contributed by atoms with Crippen molar-refractivity contribution in [3.63, 3.8) is 0 Å². The molecule has 0 radical (unpaired) electrons. The number of rotatable bonds is 4. The Balaban J connectivity index is 2.19. The lowest BCUT2D eigenvalue weighted by atomic mass is 10.1. The highest BCUT2D eigenvalue weighted by molar-refractivity contribution is 6.02. The van der Waals surface area contributed by atoms with Gasteiger partial charge in [0, 0.05) is 18.3 Å². The third-order valence-corrected chi connectivity index (χ3v) is 3.85. The van der Waals surface area contributed by atoms with Crippen molar-refractivity contribution >= 4 is 23.2 Å². The fourth-order valence-electron chi connectivity index (χ4n) is 2.35. The van der Waals surface area contributed by atoms with Crippen molar-refractivity contribution in [3.05, 3.63) is 59.2 Å². The van der Waals surface area contributed by atoms with Crippen LogP contribution in [0.5, 0.6) is 0 Å². The predicted octanol–water partition coefficient (Wildman–Crippen LogP) is 3.17. The maximum Gasteiger partial charge on any atom is 0.244 e. The molecule has 2 rings (SSSR count). The second kappa shape index (κ2) is 7.42. The van der Waals surface area contributed by atoms with E-state index in [1.165, 1.54) is 11.8 Å². The number of aryl methyl sites for hydroxylation is 1. The smallest absolute Gasteiger partial charge is 0.244 e. The Morgan fingerprint density at radius 2 is 1.88 bits per heavy atom. The van der Waals surface area contributed by atoms with Crippen LogP contribution >= 0.6 is 0 Å². The Hall–Kier alpha value is -3.13. The Bertz CT molecular complexity index is 822. The van der Waals surface area contributed by atoms with Gasteiger partial charge in [-0.05, 0) is 49.2 Å². The molecule has 2 amide bonds. The van der Waals surface area contributed by atoms with E-state index in [9.17, 15) is 9.59 Å². The third-order valence-electron chi connectivity index (χ3n) is 3.85. The van der Waals surface area contributed by atoms with Crippen molar-refractivity contribution in [2.24, 2.45) is 0 Å². The van der Waals surface area contributed by atoms with Crippen LogP contribution in [0.1, 0.15) is 23.6 Å². The van der Waals surface area contributed by atoms with Gasteiger partial charge in [-0.2, -0.15) is 5.26 Å². The minimum atomic E-state index is -0.290. The van der Waals surface area contributed by atoms with E-state index in [0.29, 0.717) is 11.3 Å². The second-order valence-electron chi connectivity index (χ2n) is 5.56. The minimum Gasteiger partial charge on any atom is -0.324 e. The van der Waals surface area contributed by atoms with Gasteiger partial charge >= 0.3 is 0 Å². The van der Waals surface area contributed by atoms with Crippen LogP contribution in [0.2, 0.25) is 0 Å². The summed E-state index contributed by atoms with van der Waals surface area (Å²) in [5.41, 5.74) is 3.77. The lowest BCUT2D eigenvalue weighted by molar-refractivity contribution is -0.120. The summed E-state index contributed by atoms with van der Waals surface area (Å²) in [5, 5.41) is 11.8. The van der Waals surface area contributed by atoms with Gasteiger partial charge in [-0.25, -0.2) is 0 Å². The summed E-state index contributed by atoms with van der Waals surface area (Å²) in [7, 11) is 0. The molecular formula is C19H19N3O2. The average Bonchev–Trinajstić information content (AvgIpc) is 2.56. The number of nitrogens with zero attached hydrogens (tertiary/aromatic N) is 2. The lowest BCUT2D eigenvalue weighted by Gasteiger charge is -2.21. The highest BCUT2D eigenvalue weighted by Gasteiger charge is 2.17. The molecule has 0 aliphatic heterocycles. The largest absolute Gasteiger partial charge is 0.324 e. The molecule has 122 valence electrons. The SMILES string of the molecule is CC(=O)N(CC(=O)Nc1cccc(C)c1C)c1cccc(C#N)c1. The Morgan fingerprint density at radius 1 is 1.17 bits per heavy atom. The zero-order valence-electron chi connectivity index (χ0n) is 14.0. The van der Waals surface area contributed by atoms with Crippen molar-refractivity contribution in [2.45, 2.75) is 20.8 Å². The van der Waals surface area contributed by atoms with Gasteiger partial charge in [0.05, 0.1) is 11.6 Å². The van der Waals surface area contributed by atoms with E-state index in [0.717, 1.165) is 16.8 Å². The first kappa shape index (κ1) is 17.2. The van der Waals surface area contributed by atoms with E-state index in [1.54, 1.807) is 24.3 Å². The summed E-state index contributed by atoms with van der Waals surface area (Å²) in [6, 6.07) is 14.3. The van der Waals surface area contributed by atoms with Crippen LogP contribution < -0.4 is 10.2 Å². The molecule has 2 aromatic rings. The first-order chi connectivity index (χ1) is 11.4. The number of nitriles is 1. The normalized spacial score (nSPS) is 9.92. The molecule has 0 fully saturated rings. The number of carbonyl (C=O) groups is 2. The van der Waals surface area contributed by atoms with Crippen molar-refractivity contribution < 1.29 is 9.59 Å². The topological polar surface area (TPSA) is 73.2 Å². The second-order valence-corrected chi connectivity index (χ2v) is 5.56. The molecule has 24 heavy (non-hydrogen) atoms. The van der Waals surface area contributed by atoms with Gasteiger partial charge < -0.3 is 10.2 Å². The van der Waals surface area contributed by atoms with Gasteiger partial charge in [0.25, 0.3) is 0 Å². The standard InChI is InChI=1S/C19H19N3O2/c1-13-6-4-9-18(14(13)2)21-19(24)12-22(15(3)23)17-8-5-7-16(10-17)11-20/h4-10H,12H2,1-3H3,(H,21,24). The molecule has 0 unspecified atom stereocenters. The summed E-state index contributed by atoms with van der Waals surface area (Å²) in [6.45, 7) is 5.19. The molecule has 0 spiro atoms. The van der Waals surface area contributed by atoms with Crippen molar-refractivity contribution in [3.8, 4) is 6.07 Å². The molecule has 5 heteroatoms. The van der Waals surface area contributed by atoms with Crippen molar-refractivity contribution in [2.75, 3.05) is 16.8 Å². The van der Waals surface area contributed by atoms with Gasteiger partial charge in [0.2, 0.25) is 11.8 Å². The molecule has 0 bridgehead atoms. The molecule has 0 saturated carbocycles. The van der Waals surface area contributed by atoms with Crippen molar-refractivity contribution in [1.82, 2.24) is 0 Å². The number of benzene rings is 2. The molecule has 0 heterocycles. The summed E-state index contributed by atoms with van der Waals surface area (Å²) < 4.78 is 0. The van der Waals surface area contributed by atoms with E-state index in [2.05, 4.69) is 5.32 Å². The third kappa shape index (κ3) is 3.99. The zero-order valence-corrected chi connectivity index (χ0v) is 14.0. The molecule has 5 nitrogen and oxygen atoms in total. The van der Waals surface area contributed by atoms with Crippen LogP contribution in [0.3, 0.4) is 0 Å². The Kier molecular flexibility index (Phi) is 5.33. The van der Waals surface area contributed by atoms with Crippen molar-refractivity contribution in [1.29, 1.82) is 5.26 Å². The van der Waals surface area contributed by atoms with E-state index >= 15 is 0 Å². The summed E-state index contributed by atoms with van der Waals surface area (Å²) in [6.07, 6.45) is 0. The summed E-state index contributed by atoms with van der Waals surface area (Å²) >= 11 is 0. The molecular weight excluding hydrogens is 302 g/mol. The first-order valence-electron chi connectivity index (χ1n) is 7.56. The molecule has 2 aromatic carbocycles. The molecule has 0 aromatic heterocycles. The van der Waals surface area contributed by atoms with Crippen LogP contribution in [0.4, 0.5) is 11.4 Å². The maximum absolute atomic E-state index is 12.3. The van der Waals surface area contributed by atoms with Gasteiger partial charge in [0.15, 0.2) is 0 Å². The fraction of sp³-hybridized carbons (Fsp3) is 0.211. The number of hydrogen-bond acceptors (Lipinski definition) is 3. The van der Waals surface area contributed by atoms with Gasteiger partial charge in [-0.3, -0.25) is 9.59 Å². The maximum atomic E-state index is 12.3. The monoisotopic (exact) mass is 321 g/mol. The summed E-state index contributed by atoms with van der Waals surface area (Å²) in [4.78, 5) is 25.6. The molecule has 0 atom stereocenters. The molecule has 1 N–H and O–H groups in total. The van der Waals surface area contributed by atoms with E-state index < -0.39 is 0 Å². The highest BCUT2D eigenvalue weighted by Crippen LogP contribution is 2.19. The zero-order chi connectivity index (χ0) is 17.7. The quantitative estimate of drug-likeness (QED) is 0.940. The van der Waals surface area contributed by atoms with Gasteiger partial charge in [-0.15, -0.1) is 0 Å². The van der Waals surface area contributed by atoms with E-state index in [4.69, 9.17) is 5.26 Å². The van der Waals surface area contributed by atoms with Crippen LogP contribution in [-0.2, 0) is 9.59 Å². The van der Waals surface area contributed by atoms with Gasteiger partial charge in [0.1, 0.15) is 6.54 Å². The molecule has 0 saturated heterocycles. The highest BCUT2D eigenvalue weighted by atomic mass is 16.2. The molecule has 0 aliphatic carbocycles. The Labute approximate surface area is 141 Å². The van der Waals surface area contributed by atoms with Crippen LogP contribution in [-0.4, -0.2) is 18.4 Å². The van der Waals surface area contributed by atoms with Crippen LogP contribution in [0.25, 0.3) is 0 Å². The number of hydrogen-bond donors (Lipinski definition) is 1. The fourth-order valence-corrected chi connectivity index (χ4v) is 2.35. The number of anilines is 2. The van der Waals surface area contributed by atoms with Crippen LogP contribution in [0, 0.1) is 25.2 Å². The Morgan fingerprint density at radius 3 is 2.54 bits per heavy atom. The number of amides is 2. The number of carbonyl (C=O) groups excluding carboxylic acids is 2. The average molecular weight is 321 g/mol. The number of nitrogens with one attached hydrogen (secondary N) is 1. The van der Waals surface area contributed by atoms with Gasteiger partial charge in [-0.1, -0.05) is 18.2 Å².